The van der Waals surface area contributed by atoms with Gasteiger partial charge >= 0.3 is 0 Å². The zero-order valence-electron chi connectivity index (χ0n) is 8.01. The summed E-state index contributed by atoms with van der Waals surface area (Å²) in [5.74, 6) is 0.632. The Hall–Kier alpha value is -0.0600. The van der Waals surface area contributed by atoms with Crippen LogP contribution in [-0.4, -0.2) is 23.1 Å². The lowest BCUT2D eigenvalue weighted by molar-refractivity contribution is 0.568. The predicted octanol–water partition coefficient (Wildman–Crippen LogP) is 3.54. The highest BCUT2D eigenvalue weighted by Gasteiger charge is 2.16. The molecule has 1 saturated heterocycles. The first-order valence-corrected chi connectivity index (χ1v) is 6.37. The van der Waals surface area contributed by atoms with Gasteiger partial charge < -0.3 is 4.90 Å². The molecule has 0 aromatic carbocycles. The van der Waals surface area contributed by atoms with Gasteiger partial charge in [-0.2, -0.15) is 9.97 Å². The Morgan fingerprint density at radius 2 is 1.53 bits per heavy atom. The second kappa shape index (κ2) is 4.85. The molecule has 0 spiro atoms. The molecule has 3 nitrogen and oxygen atoms in total. The fourth-order valence-corrected chi connectivity index (χ4v) is 2.18. The Morgan fingerprint density at radius 1 is 1.00 bits per heavy atom. The highest BCUT2D eigenvalue weighted by molar-refractivity contribution is 9.10. The molecule has 82 valence electrons. The van der Waals surface area contributed by atoms with Crippen molar-refractivity contribution in [1.82, 2.24) is 9.97 Å². The molecule has 1 aromatic rings. The monoisotopic (exact) mass is 309 g/mol. The molecule has 0 atom stereocenters. The Balaban J connectivity index is 2.27. The number of hydrogen-bond acceptors (Lipinski definition) is 3. The Labute approximate surface area is 107 Å². The molecule has 1 aliphatic heterocycles. The van der Waals surface area contributed by atoms with Crippen molar-refractivity contribution < 1.29 is 0 Å². The lowest BCUT2D eigenvalue weighted by atomic mass is 10.1. The van der Waals surface area contributed by atoms with Gasteiger partial charge in [0.15, 0.2) is 0 Å². The van der Waals surface area contributed by atoms with Crippen LogP contribution in [0.25, 0.3) is 0 Å². The third-order valence-corrected chi connectivity index (χ3v) is 4.15. The smallest absolute Gasteiger partial charge is 0.228 e. The fraction of sp³-hybridized carbons (Fsp3) is 0.556. The minimum Gasteiger partial charge on any atom is -0.341 e. The van der Waals surface area contributed by atoms with Gasteiger partial charge in [0, 0.05) is 13.1 Å². The van der Waals surface area contributed by atoms with E-state index in [2.05, 4.69) is 30.8 Å². The summed E-state index contributed by atoms with van der Waals surface area (Å²) in [7, 11) is 0. The maximum atomic E-state index is 5.93. The quantitative estimate of drug-likeness (QED) is 0.743. The van der Waals surface area contributed by atoms with Crippen molar-refractivity contribution in [2.24, 2.45) is 0 Å². The summed E-state index contributed by atoms with van der Waals surface area (Å²) >= 11 is 15.1. The lowest BCUT2D eigenvalue weighted by Gasteiger charge is -2.26. The fourth-order valence-electron chi connectivity index (χ4n) is 1.62. The van der Waals surface area contributed by atoms with E-state index in [4.69, 9.17) is 23.2 Å². The number of anilines is 1. The third-order valence-electron chi connectivity index (χ3n) is 2.40. The molecule has 0 saturated carbocycles. The summed E-state index contributed by atoms with van der Waals surface area (Å²) in [6, 6.07) is 0. The van der Waals surface area contributed by atoms with Crippen molar-refractivity contribution in [3.05, 3.63) is 14.8 Å². The Morgan fingerprint density at radius 3 is 2.07 bits per heavy atom. The molecule has 1 aromatic heterocycles. The second-order valence-corrected chi connectivity index (χ2v) is 4.98. The van der Waals surface area contributed by atoms with Gasteiger partial charge in [0.1, 0.15) is 10.3 Å². The molecular formula is C9H10BrCl2N3. The van der Waals surface area contributed by atoms with Crippen LogP contribution in [0.2, 0.25) is 10.3 Å². The van der Waals surface area contributed by atoms with Gasteiger partial charge in [-0.25, -0.2) is 0 Å². The topological polar surface area (TPSA) is 29.0 Å². The first-order valence-electron chi connectivity index (χ1n) is 4.82. The maximum absolute atomic E-state index is 5.93. The normalized spacial score (nSPS) is 16.9. The summed E-state index contributed by atoms with van der Waals surface area (Å²) in [6.07, 6.45) is 3.62. The van der Waals surface area contributed by atoms with E-state index < -0.39 is 0 Å². The molecule has 2 rings (SSSR count). The van der Waals surface area contributed by atoms with E-state index in [-0.39, 0.29) is 0 Å². The van der Waals surface area contributed by atoms with Crippen LogP contribution in [0.1, 0.15) is 19.3 Å². The summed E-state index contributed by atoms with van der Waals surface area (Å²) in [5.41, 5.74) is 0. The zero-order valence-corrected chi connectivity index (χ0v) is 11.1. The molecule has 1 aliphatic rings. The largest absolute Gasteiger partial charge is 0.341 e. The minimum atomic E-state index is 0.371. The molecule has 2 heterocycles. The van der Waals surface area contributed by atoms with Crippen LogP contribution in [0.5, 0.6) is 0 Å². The molecular weight excluding hydrogens is 301 g/mol. The average molecular weight is 311 g/mol. The van der Waals surface area contributed by atoms with Gasteiger partial charge in [-0.05, 0) is 35.2 Å². The van der Waals surface area contributed by atoms with Crippen molar-refractivity contribution >= 4 is 45.1 Å². The van der Waals surface area contributed by atoms with E-state index in [0.717, 1.165) is 13.1 Å². The van der Waals surface area contributed by atoms with Crippen molar-refractivity contribution in [2.45, 2.75) is 19.3 Å². The SMILES string of the molecule is Clc1nc(N2CCCCC2)nc(Cl)c1Br. The molecule has 0 aliphatic carbocycles. The zero-order chi connectivity index (χ0) is 10.8. The van der Waals surface area contributed by atoms with Gasteiger partial charge in [0.25, 0.3) is 0 Å². The number of aromatic nitrogens is 2. The standard InChI is InChI=1S/C9H10BrCl2N3/c10-6-7(11)13-9(14-8(6)12)15-4-2-1-3-5-15/h1-5H2. The van der Waals surface area contributed by atoms with Gasteiger partial charge in [0.2, 0.25) is 5.95 Å². The first kappa shape index (κ1) is 11.4. The van der Waals surface area contributed by atoms with E-state index >= 15 is 0 Å². The number of hydrogen-bond donors (Lipinski definition) is 0. The van der Waals surface area contributed by atoms with Crippen molar-refractivity contribution in [3.63, 3.8) is 0 Å². The summed E-state index contributed by atoms with van der Waals surface area (Å²) in [5, 5.41) is 0.742. The van der Waals surface area contributed by atoms with E-state index in [1.54, 1.807) is 0 Å². The van der Waals surface area contributed by atoms with E-state index in [0.29, 0.717) is 20.7 Å². The second-order valence-electron chi connectivity index (χ2n) is 3.47. The van der Waals surface area contributed by atoms with E-state index in [9.17, 15) is 0 Å². The van der Waals surface area contributed by atoms with Gasteiger partial charge in [-0.1, -0.05) is 23.2 Å². The molecule has 0 bridgehead atoms. The third kappa shape index (κ3) is 2.55. The predicted molar refractivity (Wildman–Crippen MR) is 65.8 cm³/mol. The summed E-state index contributed by atoms with van der Waals surface area (Å²) < 4.78 is 0.562. The van der Waals surface area contributed by atoms with Crippen LogP contribution in [0.15, 0.2) is 4.47 Å². The van der Waals surface area contributed by atoms with Crippen molar-refractivity contribution in [2.75, 3.05) is 18.0 Å². The number of rotatable bonds is 1. The van der Waals surface area contributed by atoms with Gasteiger partial charge in [-0.3, -0.25) is 0 Å². The molecule has 0 unspecified atom stereocenters. The average Bonchev–Trinajstić information content (AvgIpc) is 2.26. The van der Waals surface area contributed by atoms with E-state index in [1.807, 2.05) is 0 Å². The molecule has 15 heavy (non-hydrogen) atoms. The summed E-state index contributed by atoms with van der Waals surface area (Å²) in [4.78, 5) is 10.5. The van der Waals surface area contributed by atoms with Crippen molar-refractivity contribution in [1.29, 1.82) is 0 Å². The van der Waals surface area contributed by atoms with Crippen LogP contribution < -0.4 is 4.90 Å². The van der Waals surface area contributed by atoms with Crippen LogP contribution in [0.3, 0.4) is 0 Å². The number of nitrogens with zero attached hydrogens (tertiary/aromatic N) is 3. The van der Waals surface area contributed by atoms with E-state index in [1.165, 1.54) is 19.3 Å². The van der Waals surface area contributed by atoms with Crippen LogP contribution in [0, 0.1) is 0 Å². The Kier molecular flexibility index (Phi) is 3.69. The van der Waals surface area contributed by atoms with Crippen LogP contribution in [-0.2, 0) is 0 Å². The first-order chi connectivity index (χ1) is 7.18. The molecule has 0 radical (unpaired) electrons. The van der Waals surface area contributed by atoms with Gasteiger partial charge in [-0.15, -0.1) is 0 Å². The highest BCUT2D eigenvalue weighted by atomic mass is 79.9. The molecule has 0 N–H and O–H groups in total. The van der Waals surface area contributed by atoms with Crippen LogP contribution in [0.4, 0.5) is 5.95 Å². The van der Waals surface area contributed by atoms with Crippen LogP contribution >= 0.6 is 39.1 Å². The lowest BCUT2D eigenvalue weighted by Crippen LogP contribution is -2.31. The number of piperidine rings is 1. The molecule has 0 amide bonds. The maximum Gasteiger partial charge on any atom is 0.228 e. The summed E-state index contributed by atoms with van der Waals surface area (Å²) in [6.45, 7) is 1.96. The highest BCUT2D eigenvalue weighted by Crippen LogP contribution is 2.29. The molecule has 6 heteroatoms. The van der Waals surface area contributed by atoms with Crippen molar-refractivity contribution in [3.8, 4) is 0 Å². The minimum absolute atomic E-state index is 0.371. The van der Waals surface area contributed by atoms with Gasteiger partial charge in [0.05, 0.1) is 4.47 Å². The number of halogens is 3. The molecule has 1 fully saturated rings. The Bertz CT molecular complexity index is 343.